The van der Waals surface area contributed by atoms with Crippen molar-refractivity contribution in [3.63, 3.8) is 0 Å². The van der Waals surface area contributed by atoms with Gasteiger partial charge in [-0.15, -0.1) is 0 Å². The minimum Gasteiger partial charge on any atom is -0.310 e. The van der Waals surface area contributed by atoms with Crippen molar-refractivity contribution >= 4 is 40.8 Å². The topological polar surface area (TPSA) is 40.6 Å². The van der Waals surface area contributed by atoms with E-state index >= 15 is 0 Å². The van der Waals surface area contributed by atoms with Crippen molar-refractivity contribution in [2.45, 2.75) is 6.54 Å². The molecule has 1 aliphatic rings. The van der Waals surface area contributed by atoms with Crippen molar-refractivity contribution in [1.82, 2.24) is 4.90 Å². The molecule has 0 bridgehead atoms. The Morgan fingerprint density at radius 1 is 0.955 bits per heavy atom. The second-order valence-corrected chi connectivity index (χ2v) is 5.78. The van der Waals surface area contributed by atoms with Crippen LogP contribution in [0.4, 0.5) is 10.5 Å². The summed E-state index contributed by atoms with van der Waals surface area (Å²) in [7, 11) is 0. The van der Waals surface area contributed by atoms with Gasteiger partial charge in [0.25, 0.3) is 5.91 Å². The molecule has 1 fully saturated rings. The molecule has 3 amide bonds. The van der Waals surface area contributed by atoms with Gasteiger partial charge in [0.1, 0.15) is 6.54 Å². The molecule has 1 aliphatic heterocycles. The summed E-state index contributed by atoms with van der Waals surface area (Å²) in [4.78, 5) is 27.3. The van der Waals surface area contributed by atoms with E-state index < -0.39 is 0 Å². The molecule has 0 spiro atoms. The zero-order chi connectivity index (χ0) is 15.7. The van der Waals surface area contributed by atoms with Crippen LogP contribution in [0.1, 0.15) is 5.56 Å². The molecule has 0 radical (unpaired) electrons. The Balaban J connectivity index is 1.82. The lowest BCUT2D eigenvalue weighted by atomic mass is 10.2. The zero-order valence-corrected chi connectivity index (χ0v) is 13.0. The van der Waals surface area contributed by atoms with Crippen LogP contribution in [0.5, 0.6) is 0 Å². The highest BCUT2D eigenvalue weighted by Crippen LogP contribution is 2.25. The van der Waals surface area contributed by atoms with Gasteiger partial charge in [-0.25, -0.2) is 9.69 Å². The largest absolute Gasteiger partial charge is 0.332 e. The second-order valence-electron chi connectivity index (χ2n) is 4.94. The number of halogens is 2. The standard InChI is InChI=1S/C16H12Cl2N2O2/c17-12-5-7-13(8-6-12)20-15(21)10-19(16(20)22)9-11-3-1-2-4-14(11)18/h1-8H,9-10H2. The third-order valence-corrected chi connectivity index (χ3v) is 4.06. The summed E-state index contributed by atoms with van der Waals surface area (Å²) < 4.78 is 0. The highest BCUT2D eigenvalue weighted by atomic mass is 35.5. The van der Waals surface area contributed by atoms with E-state index in [2.05, 4.69) is 0 Å². The second kappa shape index (κ2) is 5.99. The number of imide groups is 1. The van der Waals surface area contributed by atoms with Crippen LogP contribution in [0.15, 0.2) is 48.5 Å². The molecule has 22 heavy (non-hydrogen) atoms. The molecule has 4 nitrogen and oxygen atoms in total. The van der Waals surface area contributed by atoms with Crippen LogP contribution in [-0.4, -0.2) is 23.4 Å². The van der Waals surface area contributed by atoms with E-state index in [9.17, 15) is 9.59 Å². The van der Waals surface area contributed by atoms with E-state index in [1.165, 1.54) is 4.90 Å². The van der Waals surface area contributed by atoms with Gasteiger partial charge in [-0.3, -0.25) is 4.79 Å². The highest BCUT2D eigenvalue weighted by molar-refractivity contribution is 6.31. The molecule has 1 heterocycles. The molecule has 0 unspecified atom stereocenters. The number of anilines is 1. The summed E-state index contributed by atoms with van der Waals surface area (Å²) in [5, 5.41) is 1.13. The quantitative estimate of drug-likeness (QED) is 0.797. The van der Waals surface area contributed by atoms with Gasteiger partial charge in [0.05, 0.1) is 5.69 Å². The molecule has 6 heteroatoms. The third-order valence-electron chi connectivity index (χ3n) is 3.44. The molecule has 0 atom stereocenters. The first-order valence-corrected chi connectivity index (χ1v) is 7.42. The number of benzene rings is 2. The smallest absolute Gasteiger partial charge is 0.310 e. The predicted molar refractivity (Wildman–Crippen MR) is 86.2 cm³/mol. The van der Waals surface area contributed by atoms with Crippen molar-refractivity contribution in [2.75, 3.05) is 11.4 Å². The molecule has 0 saturated carbocycles. The molecule has 2 aromatic rings. The number of hydrogen-bond acceptors (Lipinski definition) is 2. The van der Waals surface area contributed by atoms with Crippen LogP contribution >= 0.6 is 23.2 Å². The van der Waals surface area contributed by atoms with Gasteiger partial charge >= 0.3 is 6.03 Å². The zero-order valence-electron chi connectivity index (χ0n) is 11.5. The number of nitrogens with zero attached hydrogens (tertiary/aromatic N) is 2. The minimum absolute atomic E-state index is 0.0344. The average Bonchev–Trinajstić information content (AvgIpc) is 2.77. The van der Waals surface area contributed by atoms with E-state index in [0.29, 0.717) is 22.3 Å². The Morgan fingerprint density at radius 3 is 2.32 bits per heavy atom. The Bertz CT molecular complexity index is 731. The summed E-state index contributed by atoms with van der Waals surface area (Å²) in [6, 6.07) is 13.5. The van der Waals surface area contributed by atoms with E-state index in [4.69, 9.17) is 23.2 Å². The van der Waals surface area contributed by atoms with Crippen molar-refractivity contribution in [2.24, 2.45) is 0 Å². The number of amides is 3. The maximum atomic E-state index is 12.5. The SMILES string of the molecule is O=C1CN(Cc2ccccc2Cl)C(=O)N1c1ccc(Cl)cc1. The summed E-state index contributed by atoms with van der Waals surface area (Å²) in [5.41, 5.74) is 1.32. The minimum atomic E-state index is -0.354. The first kappa shape index (κ1) is 14.9. The van der Waals surface area contributed by atoms with Gasteiger partial charge in [0.2, 0.25) is 0 Å². The Morgan fingerprint density at radius 2 is 1.64 bits per heavy atom. The molecule has 2 aromatic carbocycles. The van der Waals surface area contributed by atoms with Crippen LogP contribution in [0.2, 0.25) is 10.0 Å². The maximum Gasteiger partial charge on any atom is 0.332 e. The normalized spacial score (nSPS) is 14.8. The fourth-order valence-electron chi connectivity index (χ4n) is 2.35. The van der Waals surface area contributed by atoms with Gasteiger partial charge in [0, 0.05) is 16.6 Å². The number of carbonyl (C=O) groups excluding carboxylic acids is 2. The molecule has 0 aromatic heterocycles. The number of urea groups is 1. The molecule has 0 N–H and O–H groups in total. The summed E-state index contributed by atoms with van der Waals surface area (Å²) in [6.07, 6.45) is 0. The number of hydrogen-bond donors (Lipinski definition) is 0. The van der Waals surface area contributed by atoms with Crippen molar-refractivity contribution in [1.29, 1.82) is 0 Å². The van der Waals surface area contributed by atoms with Crippen molar-refractivity contribution in [3.05, 3.63) is 64.1 Å². The fourth-order valence-corrected chi connectivity index (χ4v) is 2.67. The molecule has 3 rings (SSSR count). The lowest BCUT2D eigenvalue weighted by Gasteiger charge is -2.17. The van der Waals surface area contributed by atoms with Crippen LogP contribution in [0.25, 0.3) is 0 Å². The van der Waals surface area contributed by atoms with Crippen LogP contribution in [0, 0.1) is 0 Å². The van der Waals surface area contributed by atoms with E-state index in [1.807, 2.05) is 18.2 Å². The lowest BCUT2D eigenvalue weighted by Crippen LogP contribution is -2.32. The van der Waals surface area contributed by atoms with Gasteiger partial charge in [-0.05, 0) is 35.9 Å². The van der Waals surface area contributed by atoms with Crippen LogP contribution in [-0.2, 0) is 11.3 Å². The Labute approximate surface area is 137 Å². The fraction of sp³-hybridized carbons (Fsp3) is 0.125. The van der Waals surface area contributed by atoms with Crippen molar-refractivity contribution < 1.29 is 9.59 Å². The van der Waals surface area contributed by atoms with Gasteiger partial charge in [0.15, 0.2) is 0 Å². The molecule has 1 saturated heterocycles. The summed E-state index contributed by atoms with van der Waals surface area (Å²) in [5.74, 6) is -0.264. The first-order valence-electron chi connectivity index (χ1n) is 6.67. The van der Waals surface area contributed by atoms with E-state index in [-0.39, 0.29) is 18.5 Å². The average molecular weight is 335 g/mol. The summed E-state index contributed by atoms with van der Waals surface area (Å²) in [6.45, 7) is 0.334. The molecule has 112 valence electrons. The maximum absolute atomic E-state index is 12.5. The van der Waals surface area contributed by atoms with Gasteiger partial charge < -0.3 is 4.90 Å². The van der Waals surface area contributed by atoms with Crippen LogP contribution in [0.3, 0.4) is 0 Å². The first-order chi connectivity index (χ1) is 10.6. The Hall–Kier alpha value is -2.04. The molecular formula is C16H12Cl2N2O2. The van der Waals surface area contributed by atoms with Crippen LogP contribution < -0.4 is 4.90 Å². The third kappa shape index (κ3) is 2.80. The number of rotatable bonds is 3. The lowest BCUT2D eigenvalue weighted by molar-refractivity contribution is -0.116. The van der Waals surface area contributed by atoms with E-state index in [1.54, 1.807) is 30.3 Å². The highest BCUT2D eigenvalue weighted by Gasteiger charge is 2.37. The monoisotopic (exact) mass is 334 g/mol. The Kier molecular flexibility index (Phi) is 4.05. The molecule has 0 aliphatic carbocycles. The number of carbonyl (C=O) groups is 2. The van der Waals surface area contributed by atoms with Crippen molar-refractivity contribution in [3.8, 4) is 0 Å². The summed E-state index contributed by atoms with van der Waals surface area (Å²) >= 11 is 11.9. The predicted octanol–water partition coefficient (Wildman–Crippen LogP) is 3.96. The van der Waals surface area contributed by atoms with Gasteiger partial charge in [-0.2, -0.15) is 0 Å². The molecular weight excluding hydrogens is 323 g/mol. The van der Waals surface area contributed by atoms with E-state index in [0.717, 1.165) is 10.5 Å². The van der Waals surface area contributed by atoms with Gasteiger partial charge in [-0.1, -0.05) is 41.4 Å².